The summed E-state index contributed by atoms with van der Waals surface area (Å²) in [7, 11) is 0. The molecule has 2 unspecified atom stereocenters. The van der Waals surface area contributed by atoms with Crippen LogP contribution < -0.4 is 0 Å². The van der Waals surface area contributed by atoms with Gasteiger partial charge < -0.3 is 9.84 Å². The Morgan fingerprint density at radius 3 is 2.77 bits per heavy atom. The molecule has 0 saturated carbocycles. The summed E-state index contributed by atoms with van der Waals surface area (Å²) in [5, 5.41) is 11.8. The van der Waals surface area contributed by atoms with E-state index in [4.69, 9.17) is 4.74 Å². The average molecular weight is 200 g/mol. The monoisotopic (exact) mass is 200 g/mol. The lowest BCUT2D eigenvalue weighted by atomic mass is 10.1. The van der Waals surface area contributed by atoms with Gasteiger partial charge in [-0.05, 0) is 37.8 Å². The predicted octanol–water partition coefficient (Wildman–Crippen LogP) is 2.51. The first-order valence-corrected chi connectivity index (χ1v) is 5.37. The molecule has 0 aliphatic rings. The highest BCUT2D eigenvalue weighted by molar-refractivity contribution is 7.10. The van der Waals surface area contributed by atoms with Gasteiger partial charge in [-0.25, -0.2) is 0 Å². The van der Waals surface area contributed by atoms with Crippen molar-refractivity contribution in [1.82, 2.24) is 0 Å². The van der Waals surface area contributed by atoms with Gasteiger partial charge in [0.05, 0.1) is 6.10 Å². The van der Waals surface area contributed by atoms with Gasteiger partial charge in [0, 0.05) is 11.5 Å². The summed E-state index contributed by atoms with van der Waals surface area (Å²) < 4.78 is 5.32. The van der Waals surface area contributed by atoms with Crippen molar-refractivity contribution in [2.75, 3.05) is 6.61 Å². The molecule has 2 nitrogen and oxygen atoms in total. The number of rotatable bonds is 4. The molecule has 1 aromatic rings. The maximum atomic E-state index is 9.82. The van der Waals surface area contributed by atoms with Crippen LogP contribution in [0.3, 0.4) is 0 Å². The summed E-state index contributed by atoms with van der Waals surface area (Å²) in [6.07, 6.45) is -0.621. The van der Waals surface area contributed by atoms with Crippen molar-refractivity contribution in [2.24, 2.45) is 0 Å². The molecular weight excluding hydrogens is 184 g/mol. The van der Waals surface area contributed by atoms with Crippen LogP contribution in [0.4, 0.5) is 0 Å². The summed E-state index contributed by atoms with van der Waals surface area (Å²) in [6.45, 7) is 6.50. The van der Waals surface area contributed by atoms with Crippen LogP contribution in [0.5, 0.6) is 0 Å². The van der Waals surface area contributed by atoms with Crippen LogP contribution in [-0.4, -0.2) is 17.8 Å². The van der Waals surface area contributed by atoms with Gasteiger partial charge in [0.25, 0.3) is 0 Å². The number of hydrogen-bond acceptors (Lipinski definition) is 3. The molecule has 1 heterocycles. The fourth-order valence-corrected chi connectivity index (χ4v) is 1.98. The molecule has 0 amide bonds. The molecule has 0 bridgehead atoms. The molecular formula is C10H16O2S. The van der Waals surface area contributed by atoms with Crippen molar-refractivity contribution >= 4 is 11.3 Å². The Labute approximate surface area is 83.2 Å². The summed E-state index contributed by atoms with van der Waals surface area (Å²) in [4.78, 5) is 1.22. The second-order valence-corrected chi connectivity index (χ2v) is 4.21. The third kappa shape index (κ3) is 2.79. The average Bonchev–Trinajstić information content (AvgIpc) is 2.51. The molecule has 0 radical (unpaired) electrons. The topological polar surface area (TPSA) is 29.5 Å². The molecule has 2 atom stereocenters. The van der Waals surface area contributed by atoms with Gasteiger partial charge in [-0.2, -0.15) is 0 Å². The van der Waals surface area contributed by atoms with Gasteiger partial charge in [0.15, 0.2) is 0 Å². The highest BCUT2D eigenvalue weighted by Gasteiger charge is 2.16. The molecule has 13 heavy (non-hydrogen) atoms. The highest BCUT2D eigenvalue weighted by Crippen LogP contribution is 2.23. The minimum atomic E-state index is -0.495. The largest absolute Gasteiger partial charge is 0.386 e. The molecule has 0 fully saturated rings. The zero-order valence-electron chi connectivity index (χ0n) is 8.28. The Balaban J connectivity index is 2.61. The standard InChI is InChI=1S/C10H16O2S/c1-4-12-8(3)10(11)9-5-7(2)13-6-9/h5-6,8,10-11H,4H2,1-3H3. The third-order valence-electron chi connectivity index (χ3n) is 1.97. The summed E-state index contributed by atoms with van der Waals surface area (Å²) in [5.74, 6) is 0. The van der Waals surface area contributed by atoms with E-state index in [1.807, 2.05) is 32.2 Å². The maximum absolute atomic E-state index is 9.82. The van der Waals surface area contributed by atoms with Crippen molar-refractivity contribution in [1.29, 1.82) is 0 Å². The lowest BCUT2D eigenvalue weighted by Gasteiger charge is -2.17. The maximum Gasteiger partial charge on any atom is 0.106 e. The first kappa shape index (κ1) is 10.7. The van der Waals surface area contributed by atoms with Crippen LogP contribution in [0.25, 0.3) is 0 Å². The molecule has 0 spiro atoms. The van der Waals surface area contributed by atoms with Gasteiger partial charge >= 0.3 is 0 Å². The number of thiophene rings is 1. The van der Waals surface area contributed by atoms with Gasteiger partial charge in [-0.3, -0.25) is 0 Å². The zero-order valence-corrected chi connectivity index (χ0v) is 9.10. The van der Waals surface area contributed by atoms with Crippen LogP contribution in [0.15, 0.2) is 11.4 Å². The minimum absolute atomic E-state index is 0.126. The summed E-state index contributed by atoms with van der Waals surface area (Å²) >= 11 is 1.65. The fraction of sp³-hybridized carbons (Fsp3) is 0.600. The quantitative estimate of drug-likeness (QED) is 0.809. The molecule has 3 heteroatoms. The molecule has 0 aromatic carbocycles. The van der Waals surface area contributed by atoms with E-state index >= 15 is 0 Å². The van der Waals surface area contributed by atoms with Crippen molar-refractivity contribution < 1.29 is 9.84 Å². The smallest absolute Gasteiger partial charge is 0.106 e. The fourth-order valence-electron chi connectivity index (χ4n) is 1.24. The van der Waals surface area contributed by atoms with Crippen LogP contribution in [0.2, 0.25) is 0 Å². The number of ether oxygens (including phenoxy) is 1. The van der Waals surface area contributed by atoms with Crippen LogP contribution >= 0.6 is 11.3 Å². The molecule has 0 aliphatic carbocycles. The van der Waals surface area contributed by atoms with E-state index in [9.17, 15) is 5.11 Å². The predicted molar refractivity (Wildman–Crippen MR) is 55.1 cm³/mol. The van der Waals surface area contributed by atoms with Gasteiger partial charge in [0.2, 0.25) is 0 Å². The minimum Gasteiger partial charge on any atom is -0.386 e. The van der Waals surface area contributed by atoms with E-state index in [2.05, 4.69) is 0 Å². The number of aliphatic hydroxyl groups excluding tert-OH is 1. The number of hydrogen-bond donors (Lipinski definition) is 1. The van der Waals surface area contributed by atoms with Gasteiger partial charge in [0.1, 0.15) is 6.10 Å². The van der Waals surface area contributed by atoms with E-state index < -0.39 is 6.10 Å². The summed E-state index contributed by atoms with van der Waals surface area (Å²) in [5.41, 5.74) is 0.962. The Hall–Kier alpha value is -0.380. The first-order valence-electron chi connectivity index (χ1n) is 4.49. The van der Waals surface area contributed by atoms with Crippen molar-refractivity contribution in [2.45, 2.75) is 33.0 Å². The van der Waals surface area contributed by atoms with Crippen LogP contribution in [0, 0.1) is 6.92 Å². The molecule has 1 N–H and O–H groups in total. The Kier molecular flexibility index (Phi) is 3.90. The van der Waals surface area contributed by atoms with E-state index in [-0.39, 0.29) is 6.10 Å². The Morgan fingerprint density at radius 1 is 1.62 bits per heavy atom. The van der Waals surface area contributed by atoms with E-state index in [0.29, 0.717) is 6.61 Å². The van der Waals surface area contributed by atoms with Crippen LogP contribution in [-0.2, 0) is 4.74 Å². The Bertz CT molecular complexity index is 257. The lowest BCUT2D eigenvalue weighted by molar-refractivity contribution is -0.0226. The molecule has 0 aliphatic heterocycles. The van der Waals surface area contributed by atoms with Gasteiger partial charge in [-0.1, -0.05) is 0 Å². The molecule has 1 rings (SSSR count). The van der Waals surface area contributed by atoms with Gasteiger partial charge in [-0.15, -0.1) is 11.3 Å². The number of aliphatic hydroxyl groups is 1. The second-order valence-electron chi connectivity index (χ2n) is 3.10. The van der Waals surface area contributed by atoms with Crippen LogP contribution in [0.1, 0.15) is 30.4 Å². The molecule has 1 aromatic heterocycles. The van der Waals surface area contributed by atoms with E-state index in [1.165, 1.54) is 4.88 Å². The van der Waals surface area contributed by atoms with Crippen molar-refractivity contribution in [3.05, 3.63) is 21.9 Å². The molecule has 74 valence electrons. The zero-order chi connectivity index (χ0) is 9.84. The SMILES string of the molecule is CCOC(C)C(O)c1csc(C)c1. The second kappa shape index (κ2) is 4.74. The van der Waals surface area contributed by atoms with Crippen molar-refractivity contribution in [3.63, 3.8) is 0 Å². The molecule has 0 saturated heterocycles. The summed E-state index contributed by atoms with van der Waals surface area (Å²) in [6, 6.07) is 2.00. The number of aryl methyl sites for hydroxylation is 1. The highest BCUT2D eigenvalue weighted by atomic mass is 32.1. The first-order chi connectivity index (χ1) is 6.15. The van der Waals surface area contributed by atoms with Crippen molar-refractivity contribution in [3.8, 4) is 0 Å². The third-order valence-corrected chi connectivity index (χ3v) is 2.85. The Morgan fingerprint density at radius 2 is 2.31 bits per heavy atom. The lowest BCUT2D eigenvalue weighted by Crippen LogP contribution is -2.17. The van der Waals surface area contributed by atoms with E-state index in [0.717, 1.165) is 5.56 Å². The normalized spacial score (nSPS) is 15.7. The van der Waals surface area contributed by atoms with E-state index in [1.54, 1.807) is 11.3 Å².